The smallest absolute Gasteiger partial charge is 0.355 e. The summed E-state index contributed by atoms with van der Waals surface area (Å²) in [6.07, 6.45) is 3.51. The molecule has 1 saturated heterocycles. The number of nitrogens with one attached hydrogen (secondary N) is 2. The molecule has 122 valence electrons. The Kier molecular flexibility index (Phi) is 5.90. The van der Waals surface area contributed by atoms with E-state index in [1.807, 2.05) is 0 Å². The van der Waals surface area contributed by atoms with Gasteiger partial charge >= 0.3 is 6.18 Å². The summed E-state index contributed by atoms with van der Waals surface area (Å²) in [4.78, 5) is 11.9. The minimum atomic E-state index is -4.16. The third kappa shape index (κ3) is 5.16. The summed E-state index contributed by atoms with van der Waals surface area (Å²) < 4.78 is 37.6. The van der Waals surface area contributed by atoms with Gasteiger partial charge in [-0.15, -0.1) is 0 Å². The lowest BCUT2D eigenvalue weighted by molar-refractivity contribution is -0.180. The van der Waals surface area contributed by atoms with Crippen LogP contribution in [0.5, 0.6) is 0 Å². The van der Waals surface area contributed by atoms with Crippen LogP contribution >= 0.6 is 0 Å². The van der Waals surface area contributed by atoms with E-state index in [9.17, 15) is 18.0 Å². The van der Waals surface area contributed by atoms with Gasteiger partial charge in [-0.3, -0.25) is 4.79 Å². The molecule has 6 heteroatoms. The molecule has 1 heterocycles. The Balaban J connectivity index is 1.59. The highest BCUT2D eigenvalue weighted by atomic mass is 19.4. The second kappa shape index (κ2) is 7.47. The molecule has 2 fully saturated rings. The summed E-state index contributed by atoms with van der Waals surface area (Å²) >= 11 is 0. The molecule has 0 bridgehead atoms. The summed E-state index contributed by atoms with van der Waals surface area (Å²) in [5.74, 6) is -0.659. The van der Waals surface area contributed by atoms with E-state index < -0.39 is 18.1 Å². The van der Waals surface area contributed by atoms with Crippen LogP contribution in [0.2, 0.25) is 0 Å². The van der Waals surface area contributed by atoms with Crippen molar-refractivity contribution in [1.82, 2.24) is 10.6 Å². The van der Waals surface area contributed by atoms with Crippen LogP contribution in [-0.4, -0.2) is 31.2 Å². The molecule has 0 aromatic carbocycles. The number of piperidine rings is 1. The van der Waals surface area contributed by atoms with Crippen molar-refractivity contribution in [2.75, 3.05) is 13.1 Å². The maximum atomic E-state index is 12.5. The first-order valence-corrected chi connectivity index (χ1v) is 8.04. The summed E-state index contributed by atoms with van der Waals surface area (Å²) in [6.45, 7) is 0.486. The Labute approximate surface area is 124 Å². The number of hydrogen-bond donors (Lipinski definition) is 2. The molecule has 2 atom stereocenters. The van der Waals surface area contributed by atoms with E-state index in [0.29, 0.717) is 6.54 Å². The molecule has 1 aliphatic carbocycles. The minimum Gasteiger partial charge on any atom is -0.355 e. The van der Waals surface area contributed by atoms with Crippen molar-refractivity contribution in [3.05, 3.63) is 0 Å². The van der Waals surface area contributed by atoms with Crippen LogP contribution in [0.1, 0.15) is 51.4 Å². The van der Waals surface area contributed by atoms with E-state index in [4.69, 9.17) is 0 Å². The monoisotopic (exact) mass is 306 g/mol. The summed E-state index contributed by atoms with van der Waals surface area (Å²) in [7, 11) is 0. The van der Waals surface area contributed by atoms with Crippen LogP contribution in [-0.2, 0) is 4.79 Å². The largest absolute Gasteiger partial charge is 0.393 e. The summed E-state index contributed by atoms with van der Waals surface area (Å²) in [5, 5.41) is 5.57. The maximum absolute atomic E-state index is 12.5. The first-order chi connectivity index (χ1) is 9.97. The molecule has 2 N–H and O–H groups in total. The molecule has 0 radical (unpaired) electrons. The van der Waals surface area contributed by atoms with Gasteiger partial charge in [0.25, 0.3) is 0 Å². The number of amides is 1. The molecule has 1 amide bonds. The first-order valence-electron chi connectivity index (χ1n) is 8.04. The van der Waals surface area contributed by atoms with Gasteiger partial charge in [-0.25, -0.2) is 0 Å². The molecule has 0 aromatic heterocycles. The van der Waals surface area contributed by atoms with Crippen molar-refractivity contribution in [1.29, 1.82) is 0 Å². The molecule has 3 nitrogen and oxygen atoms in total. The van der Waals surface area contributed by atoms with Crippen LogP contribution in [0.3, 0.4) is 0 Å². The third-order valence-electron chi connectivity index (χ3n) is 4.76. The second-order valence-electron chi connectivity index (χ2n) is 6.36. The number of rotatable bonds is 5. The minimum absolute atomic E-state index is 0.0384. The number of alkyl halides is 3. The van der Waals surface area contributed by atoms with Crippen molar-refractivity contribution >= 4 is 5.91 Å². The number of carbonyl (C=O) groups excluding carboxylic acids is 1. The van der Waals surface area contributed by atoms with E-state index >= 15 is 0 Å². The van der Waals surface area contributed by atoms with Gasteiger partial charge in [-0.1, -0.05) is 25.7 Å². The normalized spacial score (nSPS) is 27.8. The zero-order valence-electron chi connectivity index (χ0n) is 12.3. The number of hydrogen-bond acceptors (Lipinski definition) is 2. The average molecular weight is 306 g/mol. The number of halogens is 3. The van der Waals surface area contributed by atoms with Crippen molar-refractivity contribution in [2.45, 2.75) is 63.6 Å². The fourth-order valence-electron chi connectivity index (χ4n) is 3.38. The van der Waals surface area contributed by atoms with E-state index in [2.05, 4.69) is 10.6 Å². The predicted octanol–water partition coefficient (Wildman–Crippen LogP) is 3.00. The second-order valence-corrected chi connectivity index (χ2v) is 6.36. The molecule has 2 rings (SSSR count). The molecule has 0 spiro atoms. The zero-order valence-corrected chi connectivity index (χ0v) is 12.3. The molecule has 2 aliphatic rings. The predicted molar refractivity (Wildman–Crippen MR) is 74.8 cm³/mol. The Hall–Kier alpha value is -0.780. The van der Waals surface area contributed by atoms with Crippen LogP contribution in [0.4, 0.5) is 13.2 Å². The van der Waals surface area contributed by atoms with E-state index in [-0.39, 0.29) is 25.3 Å². The molecule has 2 unspecified atom stereocenters. The topological polar surface area (TPSA) is 41.1 Å². The molecule has 0 aromatic rings. The highest BCUT2D eigenvalue weighted by Crippen LogP contribution is 2.32. The van der Waals surface area contributed by atoms with Gasteiger partial charge in [0.05, 0.1) is 12.0 Å². The Bertz CT molecular complexity index is 332. The highest BCUT2D eigenvalue weighted by molar-refractivity contribution is 5.81. The third-order valence-corrected chi connectivity index (χ3v) is 4.76. The quantitative estimate of drug-likeness (QED) is 0.767. The summed E-state index contributed by atoms with van der Waals surface area (Å²) in [5.41, 5.74) is 0. The van der Waals surface area contributed by atoms with E-state index in [1.165, 1.54) is 25.7 Å². The van der Waals surface area contributed by atoms with Crippen molar-refractivity contribution in [3.63, 3.8) is 0 Å². The fourth-order valence-corrected chi connectivity index (χ4v) is 3.38. The van der Waals surface area contributed by atoms with Gasteiger partial charge in [0.2, 0.25) is 5.91 Å². The van der Waals surface area contributed by atoms with Gasteiger partial charge in [0.1, 0.15) is 0 Å². The van der Waals surface area contributed by atoms with Gasteiger partial charge in [-0.2, -0.15) is 13.2 Å². The van der Waals surface area contributed by atoms with Crippen molar-refractivity contribution in [2.24, 2.45) is 11.8 Å². The van der Waals surface area contributed by atoms with Gasteiger partial charge in [0, 0.05) is 13.1 Å². The van der Waals surface area contributed by atoms with Crippen LogP contribution < -0.4 is 10.6 Å². The van der Waals surface area contributed by atoms with Crippen LogP contribution in [0.25, 0.3) is 0 Å². The first kappa shape index (κ1) is 16.6. The van der Waals surface area contributed by atoms with Gasteiger partial charge in [-0.05, 0) is 31.6 Å². The van der Waals surface area contributed by atoms with Gasteiger partial charge < -0.3 is 10.6 Å². The average Bonchev–Trinajstić information content (AvgIpc) is 2.96. The maximum Gasteiger partial charge on any atom is 0.393 e. The van der Waals surface area contributed by atoms with E-state index in [1.54, 1.807) is 0 Å². The van der Waals surface area contributed by atoms with Crippen molar-refractivity contribution < 1.29 is 18.0 Å². The van der Waals surface area contributed by atoms with E-state index in [0.717, 1.165) is 18.8 Å². The number of carbonyl (C=O) groups is 1. The van der Waals surface area contributed by atoms with Crippen LogP contribution in [0.15, 0.2) is 0 Å². The fraction of sp³-hybridized carbons (Fsp3) is 0.933. The Morgan fingerprint density at radius 2 is 1.86 bits per heavy atom. The zero-order chi connectivity index (χ0) is 15.3. The molecule has 21 heavy (non-hydrogen) atoms. The van der Waals surface area contributed by atoms with Crippen LogP contribution in [0, 0.1) is 11.8 Å². The lowest BCUT2D eigenvalue weighted by atomic mass is 9.94. The van der Waals surface area contributed by atoms with Crippen molar-refractivity contribution in [3.8, 4) is 0 Å². The molecular weight excluding hydrogens is 281 g/mol. The SMILES string of the molecule is O=C(NCCCC1CCCC1)C1CCC(C(F)(F)F)CN1. The molecule has 1 saturated carbocycles. The lowest BCUT2D eigenvalue weighted by Crippen LogP contribution is -2.51. The standard InChI is InChI=1S/C15H25F3N2O/c16-15(17,18)12-7-8-13(20-10-12)14(21)19-9-3-6-11-4-1-2-5-11/h11-13,20H,1-10H2,(H,19,21). The molecule has 1 aliphatic heterocycles. The Morgan fingerprint density at radius 1 is 1.14 bits per heavy atom. The molecular formula is C15H25F3N2O. The lowest BCUT2D eigenvalue weighted by Gasteiger charge is -2.30. The summed E-state index contributed by atoms with van der Waals surface area (Å²) in [6, 6.07) is -0.463. The Morgan fingerprint density at radius 3 is 2.43 bits per heavy atom. The highest BCUT2D eigenvalue weighted by Gasteiger charge is 2.42. The van der Waals surface area contributed by atoms with Gasteiger partial charge in [0.15, 0.2) is 0 Å².